The van der Waals surface area contributed by atoms with Crippen LogP contribution in [0.25, 0.3) is 0 Å². The summed E-state index contributed by atoms with van der Waals surface area (Å²) in [5, 5.41) is 2.48. The van der Waals surface area contributed by atoms with E-state index in [1.54, 1.807) is 25.1 Å². The van der Waals surface area contributed by atoms with Crippen LogP contribution in [0.5, 0.6) is 5.75 Å². The molecule has 0 aliphatic heterocycles. The number of hydrogen-bond donors (Lipinski definition) is 1. The first-order valence-corrected chi connectivity index (χ1v) is 6.89. The Morgan fingerprint density at radius 3 is 2.62 bits per heavy atom. The summed E-state index contributed by atoms with van der Waals surface area (Å²) in [6.07, 6.45) is 0. The molecule has 0 bridgehead atoms. The van der Waals surface area contributed by atoms with E-state index in [2.05, 4.69) is 21.2 Å². The first-order valence-electron chi connectivity index (χ1n) is 6.09. The summed E-state index contributed by atoms with van der Waals surface area (Å²) in [5.41, 5.74) is 0.809. The van der Waals surface area contributed by atoms with E-state index in [9.17, 15) is 13.6 Å². The zero-order valence-electron chi connectivity index (χ0n) is 11.1. The van der Waals surface area contributed by atoms with Gasteiger partial charge in [-0.25, -0.2) is 8.78 Å². The van der Waals surface area contributed by atoms with Gasteiger partial charge in [-0.05, 0) is 42.8 Å². The van der Waals surface area contributed by atoms with Gasteiger partial charge in [-0.3, -0.25) is 4.79 Å². The lowest BCUT2D eigenvalue weighted by atomic mass is 10.2. The molecule has 1 amide bonds. The highest BCUT2D eigenvalue weighted by Gasteiger charge is 2.08. The van der Waals surface area contributed by atoms with E-state index in [0.29, 0.717) is 15.7 Å². The van der Waals surface area contributed by atoms with Crippen LogP contribution in [-0.2, 0) is 4.79 Å². The van der Waals surface area contributed by atoms with Crippen molar-refractivity contribution in [3.05, 3.63) is 58.1 Å². The Hall–Kier alpha value is -1.95. The molecule has 0 unspecified atom stereocenters. The van der Waals surface area contributed by atoms with Crippen molar-refractivity contribution >= 4 is 27.5 Å². The van der Waals surface area contributed by atoms with E-state index in [1.165, 1.54) is 18.2 Å². The van der Waals surface area contributed by atoms with Gasteiger partial charge in [0, 0.05) is 10.2 Å². The maximum atomic E-state index is 13.5. The van der Waals surface area contributed by atoms with Gasteiger partial charge in [-0.15, -0.1) is 0 Å². The molecule has 2 aromatic rings. The molecule has 6 heteroatoms. The molecule has 0 aliphatic carbocycles. The monoisotopic (exact) mass is 355 g/mol. The van der Waals surface area contributed by atoms with Crippen molar-refractivity contribution in [1.29, 1.82) is 0 Å². The lowest BCUT2D eigenvalue weighted by Gasteiger charge is -2.09. The lowest BCUT2D eigenvalue weighted by Crippen LogP contribution is -2.20. The summed E-state index contributed by atoms with van der Waals surface area (Å²) in [7, 11) is 0. The molecule has 0 saturated carbocycles. The van der Waals surface area contributed by atoms with E-state index in [1.807, 2.05) is 0 Å². The molecule has 0 saturated heterocycles. The van der Waals surface area contributed by atoms with Crippen molar-refractivity contribution < 1.29 is 18.3 Å². The van der Waals surface area contributed by atoms with Crippen LogP contribution >= 0.6 is 15.9 Å². The van der Waals surface area contributed by atoms with Crippen molar-refractivity contribution in [3.63, 3.8) is 0 Å². The van der Waals surface area contributed by atoms with Crippen LogP contribution in [0, 0.1) is 18.6 Å². The molecule has 0 aliphatic rings. The van der Waals surface area contributed by atoms with Gasteiger partial charge in [0.15, 0.2) is 18.2 Å². The standard InChI is InChI=1S/C15H12BrF2NO2/c1-9-2-4-11(7-12(9)17)19-15(20)8-21-14-5-3-10(16)6-13(14)18/h2-7H,8H2,1H3,(H,19,20). The fourth-order valence-corrected chi connectivity index (χ4v) is 1.94. The Bertz CT molecular complexity index is 677. The lowest BCUT2D eigenvalue weighted by molar-refractivity contribution is -0.118. The molecule has 21 heavy (non-hydrogen) atoms. The predicted octanol–water partition coefficient (Wildman–Crippen LogP) is 4.05. The van der Waals surface area contributed by atoms with Crippen LogP contribution in [0.2, 0.25) is 0 Å². The summed E-state index contributed by atoms with van der Waals surface area (Å²) in [4.78, 5) is 11.7. The minimum Gasteiger partial charge on any atom is -0.481 e. The van der Waals surface area contributed by atoms with Crippen molar-refractivity contribution in [1.82, 2.24) is 0 Å². The summed E-state index contributed by atoms with van der Waals surface area (Å²) in [5.74, 6) is -1.50. The van der Waals surface area contributed by atoms with E-state index >= 15 is 0 Å². The van der Waals surface area contributed by atoms with Crippen molar-refractivity contribution in [3.8, 4) is 5.75 Å². The Morgan fingerprint density at radius 1 is 1.19 bits per heavy atom. The van der Waals surface area contributed by atoms with E-state index in [4.69, 9.17) is 4.74 Å². The zero-order chi connectivity index (χ0) is 15.4. The third kappa shape index (κ3) is 4.26. The first-order chi connectivity index (χ1) is 9.95. The summed E-state index contributed by atoms with van der Waals surface area (Å²) >= 11 is 3.12. The third-order valence-corrected chi connectivity index (χ3v) is 3.20. The maximum absolute atomic E-state index is 13.5. The number of rotatable bonds is 4. The van der Waals surface area contributed by atoms with Gasteiger partial charge in [0.1, 0.15) is 5.82 Å². The fraction of sp³-hybridized carbons (Fsp3) is 0.133. The van der Waals surface area contributed by atoms with Gasteiger partial charge in [0.25, 0.3) is 5.91 Å². The van der Waals surface area contributed by atoms with Crippen LogP contribution in [0.3, 0.4) is 0 Å². The molecule has 2 aromatic carbocycles. The number of hydrogen-bond acceptors (Lipinski definition) is 2. The molecule has 110 valence electrons. The Kier molecular flexibility index (Phi) is 4.90. The Balaban J connectivity index is 1.94. The number of halogens is 3. The molecule has 0 atom stereocenters. The summed E-state index contributed by atoms with van der Waals surface area (Å²) < 4.78 is 32.5. The molecule has 0 spiro atoms. The molecule has 3 nitrogen and oxygen atoms in total. The van der Waals surface area contributed by atoms with Crippen LogP contribution in [-0.4, -0.2) is 12.5 Å². The maximum Gasteiger partial charge on any atom is 0.262 e. The number of carbonyl (C=O) groups excluding carboxylic acids is 1. The Morgan fingerprint density at radius 2 is 1.95 bits per heavy atom. The molecule has 2 rings (SSSR count). The topological polar surface area (TPSA) is 38.3 Å². The average Bonchev–Trinajstić information content (AvgIpc) is 2.42. The van der Waals surface area contributed by atoms with Crippen molar-refractivity contribution in [2.45, 2.75) is 6.92 Å². The number of anilines is 1. The second-order valence-corrected chi connectivity index (χ2v) is 5.29. The second-order valence-electron chi connectivity index (χ2n) is 4.38. The molecule has 0 aromatic heterocycles. The van der Waals surface area contributed by atoms with Gasteiger partial charge >= 0.3 is 0 Å². The molecule has 0 heterocycles. The largest absolute Gasteiger partial charge is 0.481 e. The van der Waals surface area contributed by atoms with Crippen LogP contribution in [0.4, 0.5) is 14.5 Å². The summed E-state index contributed by atoms with van der Waals surface area (Å²) in [6, 6.07) is 8.61. The SMILES string of the molecule is Cc1ccc(NC(=O)COc2ccc(Br)cc2F)cc1F. The number of benzene rings is 2. The third-order valence-electron chi connectivity index (χ3n) is 2.71. The fourth-order valence-electron chi connectivity index (χ4n) is 1.60. The second kappa shape index (κ2) is 6.67. The first kappa shape index (κ1) is 15.4. The smallest absolute Gasteiger partial charge is 0.262 e. The van der Waals surface area contributed by atoms with Gasteiger partial charge in [-0.1, -0.05) is 22.0 Å². The van der Waals surface area contributed by atoms with Gasteiger partial charge in [-0.2, -0.15) is 0 Å². The molecule has 0 radical (unpaired) electrons. The average molecular weight is 356 g/mol. The molecular formula is C15H12BrF2NO2. The highest BCUT2D eigenvalue weighted by Crippen LogP contribution is 2.21. The highest BCUT2D eigenvalue weighted by molar-refractivity contribution is 9.10. The normalized spacial score (nSPS) is 10.3. The predicted molar refractivity (Wildman–Crippen MR) is 79.4 cm³/mol. The Labute approximate surface area is 129 Å². The van der Waals surface area contributed by atoms with E-state index in [-0.39, 0.29) is 12.4 Å². The summed E-state index contributed by atoms with van der Waals surface area (Å²) in [6.45, 7) is 1.26. The van der Waals surface area contributed by atoms with Gasteiger partial charge in [0.05, 0.1) is 0 Å². The quantitative estimate of drug-likeness (QED) is 0.898. The number of carbonyl (C=O) groups is 1. The highest BCUT2D eigenvalue weighted by atomic mass is 79.9. The molecule has 0 fully saturated rings. The number of amides is 1. The van der Waals surface area contributed by atoms with Crippen molar-refractivity contribution in [2.24, 2.45) is 0 Å². The van der Waals surface area contributed by atoms with Gasteiger partial charge in [0.2, 0.25) is 0 Å². The van der Waals surface area contributed by atoms with Gasteiger partial charge < -0.3 is 10.1 Å². The zero-order valence-corrected chi connectivity index (χ0v) is 12.7. The van der Waals surface area contributed by atoms with Crippen molar-refractivity contribution in [2.75, 3.05) is 11.9 Å². The molecular weight excluding hydrogens is 344 g/mol. The van der Waals surface area contributed by atoms with E-state index in [0.717, 1.165) is 0 Å². The van der Waals surface area contributed by atoms with Crippen LogP contribution < -0.4 is 10.1 Å². The van der Waals surface area contributed by atoms with Crippen LogP contribution in [0.1, 0.15) is 5.56 Å². The van der Waals surface area contributed by atoms with Crippen LogP contribution in [0.15, 0.2) is 40.9 Å². The van der Waals surface area contributed by atoms with E-state index < -0.39 is 17.5 Å². The number of ether oxygens (including phenoxy) is 1. The number of nitrogens with one attached hydrogen (secondary N) is 1. The minimum atomic E-state index is -0.571. The minimum absolute atomic E-state index is 0.0246. The number of aryl methyl sites for hydroxylation is 1. The molecule has 1 N–H and O–H groups in total.